The van der Waals surface area contributed by atoms with E-state index in [0.29, 0.717) is 16.6 Å². The van der Waals surface area contributed by atoms with Crippen molar-refractivity contribution < 1.29 is 4.79 Å². The molecule has 0 aliphatic rings. The molecule has 2 aromatic rings. The quantitative estimate of drug-likeness (QED) is 0.914. The Morgan fingerprint density at radius 1 is 1.47 bits per heavy atom. The van der Waals surface area contributed by atoms with Crippen LogP contribution in [0.15, 0.2) is 28.2 Å². The summed E-state index contributed by atoms with van der Waals surface area (Å²) in [5.41, 5.74) is 0.350. The van der Waals surface area contributed by atoms with Crippen LogP contribution in [0.25, 0.3) is 0 Å². The number of nitrogens with one attached hydrogen (secondary N) is 2. The molecule has 0 spiro atoms. The molecule has 0 atom stereocenters. The average Bonchev–Trinajstić information content (AvgIpc) is 2.75. The number of thiazole rings is 1. The molecule has 0 aliphatic carbocycles. The van der Waals surface area contributed by atoms with Crippen LogP contribution in [0.3, 0.4) is 0 Å². The van der Waals surface area contributed by atoms with Crippen LogP contribution >= 0.6 is 27.3 Å². The number of carbonyl (C=O) groups is 1. The third kappa shape index (κ3) is 3.01. The first-order valence-electron chi connectivity index (χ1n) is 4.76. The van der Waals surface area contributed by atoms with Crippen LogP contribution in [-0.4, -0.2) is 22.9 Å². The van der Waals surface area contributed by atoms with Crippen LogP contribution < -0.4 is 10.6 Å². The molecule has 0 aliphatic heterocycles. The fourth-order valence-electron chi connectivity index (χ4n) is 1.17. The molecule has 0 fully saturated rings. The molecule has 0 bridgehead atoms. The minimum Gasteiger partial charge on any atom is -0.373 e. The molecule has 0 saturated carbocycles. The molecule has 2 rings (SSSR count). The number of aromatic nitrogens is 2. The topological polar surface area (TPSA) is 66.9 Å². The lowest BCUT2D eigenvalue weighted by molar-refractivity contribution is 0.102. The molecule has 88 valence electrons. The summed E-state index contributed by atoms with van der Waals surface area (Å²) in [5.74, 6) is 0.377. The van der Waals surface area contributed by atoms with Crippen LogP contribution in [0.4, 0.5) is 10.9 Å². The summed E-state index contributed by atoms with van der Waals surface area (Å²) >= 11 is 4.63. The van der Waals surface area contributed by atoms with Crippen molar-refractivity contribution in [2.45, 2.75) is 0 Å². The average molecular weight is 313 g/mol. The van der Waals surface area contributed by atoms with Gasteiger partial charge in [0.25, 0.3) is 5.91 Å². The third-order valence-corrected chi connectivity index (χ3v) is 3.33. The van der Waals surface area contributed by atoms with Crippen LogP contribution in [0.2, 0.25) is 0 Å². The number of rotatable bonds is 3. The highest BCUT2D eigenvalue weighted by Gasteiger charge is 2.10. The van der Waals surface area contributed by atoms with Crippen molar-refractivity contribution in [2.75, 3.05) is 17.7 Å². The van der Waals surface area contributed by atoms with Gasteiger partial charge in [0, 0.05) is 7.05 Å². The predicted octanol–water partition coefficient (Wildman–Crippen LogP) is 2.59. The number of hydrogen-bond donors (Lipinski definition) is 2. The lowest BCUT2D eigenvalue weighted by Crippen LogP contribution is -2.13. The van der Waals surface area contributed by atoms with E-state index in [-0.39, 0.29) is 5.91 Å². The Morgan fingerprint density at radius 2 is 2.29 bits per heavy atom. The highest BCUT2D eigenvalue weighted by atomic mass is 79.9. The highest BCUT2D eigenvalue weighted by Crippen LogP contribution is 2.23. The second kappa shape index (κ2) is 5.24. The Bertz CT molecular complexity index is 543. The van der Waals surface area contributed by atoms with Gasteiger partial charge in [-0.25, -0.2) is 9.97 Å². The Morgan fingerprint density at radius 3 is 2.94 bits per heavy atom. The number of pyridine rings is 1. The van der Waals surface area contributed by atoms with Gasteiger partial charge in [0.2, 0.25) is 0 Å². The standard InChI is InChI=1S/C10H9BrN4OS/c1-12-8-4-2-3-6(14-8)9(16)15-10-13-5-7(11)17-10/h2-5H,1H3,(H,12,14)(H,13,15,16). The number of halogens is 1. The monoisotopic (exact) mass is 312 g/mol. The molecule has 5 nitrogen and oxygen atoms in total. The van der Waals surface area contributed by atoms with Gasteiger partial charge in [0.15, 0.2) is 5.13 Å². The molecule has 0 saturated heterocycles. The van der Waals surface area contributed by atoms with Crippen LogP contribution in [0, 0.1) is 0 Å². The fourth-order valence-corrected chi connectivity index (χ4v) is 2.28. The van der Waals surface area contributed by atoms with E-state index < -0.39 is 0 Å². The van der Waals surface area contributed by atoms with Gasteiger partial charge >= 0.3 is 0 Å². The molecule has 2 N–H and O–H groups in total. The Labute approximate surface area is 110 Å². The molecular formula is C10H9BrN4OS. The number of nitrogens with zero attached hydrogens (tertiary/aromatic N) is 2. The second-order valence-corrected chi connectivity index (χ2v) is 5.49. The smallest absolute Gasteiger partial charge is 0.276 e. The van der Waals surface area contributed by atoms with Gasteiger partial charge in [-0.2, -0.15) is 0 Å². The molecule has 2 heterocycles. The fraction of sp³-hybridized carbons (Fsp3) is 0.100. The van der Waals surface area contributed by atoms with Crippen molar-refractivity contribution in [3.05, 3.63) is 33.9 Å². The van der Waals surface area contributed by atoms with Crippen molar-refractivity contribution >= 4 is 44.1 Å². The first-order valence-corrected chi connectivity index (χ1v) is 6.37. The maximum absolute atomic E-state index is 11.8. The largest absolute Gasteiger partial charge is 0.373 e. The normalized spacial score (nSPS) is 10.0. The first-order chi connectivity index (χ1) is 8.19. The lowest BCUT2D eigenvalue weighted by atomic mass is 10.3. The summed E-state index contributed by atoms with van der Waals surface area (Å²) in [6, 6.07) is 5.21. The highest BCUT2D eigenvalue weighted by molar-refractivity contribution is 9.11. The summed E-state index contributed by atoms with van der Waals surface area (Å²) < 4.78 is 0.865. The Hall–Kier alpha value is -1.47. The van der Waals surface area contributed by atoms with E-state index in [1.807, 2.05) is 0 Å². The van der Waals surface area contributed by atoms with Gasteiger partial charge < -0.3 is 5.32 Å². The predicted molar refractivity (Wildman–Crippen MR) is 71.6 cm³/mol. The zero-order valence-corrected chi connectivity index (χ0v) is 11.3. The SMILES string of the molecule is CNc1cccc(C(=O)Nc2ncc(Br)s2)n1. The zero-order valence-electron chi connectivity index (χ0n) is 8.90. The van der Waals surface area contributed by atoms with Gasteiger partial charge in [0.05, 0.1) is 9.98 Å². The first kappa shape index (κ1) is 12.0. The van der Waals surface area contributed by atoms with Crippen molar-refractivity contribution in [1.82, 2.24) is 9.97 Å². The molecule has 0 aromatic carbocycles. The van der Waals surface area contributed by atoms with E-state index in [1.54, 1.807) is 31.4 Å². The van der Waals surface area contributed by atoms with Gasteiger partial charge in [-0.05, 0) is 28.1 Å². The van der Waals surface area contributed by atoms with Gasteiger partial charge in [-0.15, -0.1) is 0 Å². The lowest BCUT2D eigenvalue weighted by Gasteiger charge is -2.03. The van der Waals surface area contributed by atoms with E-state index in [0.717, 1.165) is 3.79 Å². The van der Waals surface area contributed by atoms with Crippen LogP contribution in [0.1, 0.15) is 10.5 Å². The molecule has 1 amide bonds. The summed E-state index contributed by atoms with van der Waals surface area (Å²) in [6.45, 7) is 0. The second-order valence-electron chi connectivity index (χ2n) is 3.08. The maximum Gasteiger partial charge on any atom is 0.276 e. The van der Waals surface area contributed by atoms with E-state index in [4.69, 9.17) is 0 Å². The van der Waals surface area contributed by atoms with Crippen LogP contribution in [-0.2, 0) is 0 Å². The van der Waals surface area contributed by atoms with Gasteiger partial charge in [0.1, 0.15) is 11.5 Å². The molecule has 7 heteroatoms. The summed E-state index contributed by atoms with van der Waals surface area (Å²) in [4.78, 5) is 20.0. The summed E-state index contributed by atoms with van der Waals surface area (Å²) in [6.07, 6.45) is 1.64. The van der Waals surface area contributed by atoms with Gasteiger partial charge in [-0.1, -0.05) is 17.4 Å². The molecular weight excluding hydrogens is 304 g/mol. The van der Waals surface area contributed by atoms with Crippen molar-refractivity contribution in [2.24, 2.45) is 0 Å². The zero-order chi connectivity index (χ0) is 12.3. The molecule has 17 heavy (non-hydrogen) atoms. The summed E-state index contributed by atoms with van der Waals surface area (Å²) in [5, 5.41) is 6.10. The van der Waals surface area contributed by atoms with E-state index in [1.165, 1.54) is 11.3 Å². The van der Waals surface area contributed by atoms with Gasteiger partial charge in [-0.3, -0.25) is 10.1 Å². The summed E-state index contributed by atoms with van der Waals surface area (Å²) in [7, 11) is 1.75. The van der Waals surface area contributed by atoms with E-state index in [2.05, 4.69) is 36.5 Å². The molecule has 0 unspecified atom stereocenters. The number of carbonyl (C=O) groups excluding carboxylic acids is 1. The van der Waals surface area contributed by atoms with E-state index >= 15 is 0 Å². The van der Waals surface area contributed by atoms with Crippen molar-refractivity contribution in [3.63, 3.8) is 0 Å². The third-order valence-electron chi connectivity index (χ3n) is 1.94. The number of anilines is 2. The number of hydrogen-bond acceptors (Lipinski definition) is 5. The minimum absolute atomic E-state index is 0.274. The van der Waals surface area contributed by atoms with Crippen molar-refractivity contribution in [1.29, 1.82) is 0 Å². The van der Waals surface area contributed by atoms with Crippen LogP contribution in [0.5, 0.6) is 0 Å². The maximum atomic E-state index is 11.8. The Balaban J connectivity index is 2.14. The van der Waals surface area contributed by atoms with Crippen molar-refractivity contribution in [3.8, 4) is 0 Å². The molecule has 0 radical (unpaired) electrons. The minimum atomic E-state index is -0.274. The number of amides is 1. The van der Waals surface area contributed by atoms with E-state index in [9.17, 15) is 4.79 Å². The Kier molecular flexibility index (Phi) is 3.70. The molecule has 2 aromatic heterocycles.